The van der Waals surface area contributed by atoms with Gasteiger partial charge < -0.3 is 5.32 Å². The lowest BCUT2D eigenvalue weighted by atomic mass is 10.3. The maximum Gasteiger partial charge on any atom is 0.320 e. The first-order valence-corrected chi connectivity index (χ1v) is 10.2. The molecule has 10 heteroatoms. The number of anilines is 3. The number of nitrogens with one attached hydrogen (secondary N) is 3. The van der Waals surface area contributed by atoms with E-state index in [2.05, 4.69) is 30.9 Å². The number of pyridine rings is 1. The number of urea groups is 1. The van der Waals surface area contributed by atoms with Crippen molar-refractivity contribution in [2.24, 2.45) is 0 Å². The fourth-order valence-corrected chi connectivity index (χ4v) is 3.51. The van der Waals surface area contributed by atoms with Crippen molar-refractivity contribution in [2.75, 3.05) is 36.5 Å². The van der Waals surface area contributed by atoms with Gasteiger partial charge in [-0.2, -0.15) is 4.98 Å². The summed E-state index contributed by atoms with van der Waals surface area (Å²) >= 11 is 6.34. The summed E-state index contributed by atoms with van der Waals surface area (Å²) in [4.78, 5) is 25.6. The maximum absolute atomic E-state index is 11.8. The van der Waals surface area contributed by atoms with E-state index in [9.17, 15) is 4.79 Å². The molecular formula is C20H23ClN8O. The molecule has 1 fully saturated rings. The fraction of sp³-hybridized carbons (Fsp3) is 0.300. The van der Waals surface area contributed by atoms with E-state index < -0.39 is 0 Å². The first-order chi connectivity index (χ1) is 14.6. The molecule has 3 aromatic rings. The molecule has 30 heavy (non-hydrogen) atoms. The van der Waals surface area contributed by atoms with Gasteiger partial charge >= 0.3 is 6.03 Å². The average Bonchev–Trinajstić information content (AvgIpc) is 2.75. The third-order valence-electron chi connectivity index (χ3n) is 4.59. The SMILES string of the molecule is CCNC(=O)Nc1ccc2cnc(N(c3ccccc3)N3CCNC(Cl)C3)nc2n1. The van der Waals surface area contributed by atoms with Crippen LogP contribution in [0.15, 0.2) is 48.7 Å². The van der Waals surface area contributed by atoms with Crippen molar-refractivity contribution in [3.8, 4) is 0 Å². The molecule has 1 saturated heterocycles. The number of rotatable bonds is 5. The van der Waals surface area contributed by atoms with Gasteiger partial charge in [0, 0.05) is 37.8 Å². The topological polar surface area (TPSA) is 98.3 Å². The second-order valence-electron chi connectivity index (χ2n) is 6.75. The van der Waals surface area contributed by atoms with Crippen LogP contribution in [0.5, 0.6) is 0 Å². The first kappa shape index (κ1) is 20.3. The highest BCUT2D eigenvalue weighted by molar-refractivity contribution is 6.20. The number of nitrogens with zero attached hydrogens (tertiary/aromatic N) is 5. The Balaban J connectivity index is 1.70. The number of fused-ring (bicyclic) bond motifs is 1. The number of aromatic nitrogens is 3. The van der Waals surface area contributed by atoms with Crippen LogP contribution >= 0.6 is 11.6 Å². The highest BCUT2D eigenvalue weighted by Gasteiger charge is 2.26. The van der Waals surface area contributed by atoms with Crippen molar-refractivity contribution in [3.05, 3.63) is 48.7 Å². The zero-order chi connectivity index (χ0) is 20.9. The number of hydrogen-bond donors (Lipinski definition) is 3. The molecule has 0 bridgehead atoms. The lowest BCUT2D eigenvalue weighted by Crippen LogP contribution is -2.54. The molecule has 2 amide bonds. The summed E-state index contributed by atoms with van der Waals surface area (Å²) in [6, 6.07) is 13.2. The number of carbonyl (C=O) groups is 1. The number of amides is 2. The van der Waals surface area contributed by atoms with E-state index in [1.807, 2.05) is 48.3 Å². The van der Waals surface area contributed by atoms with Gasteiger partial charge in [0.05, 0.1) is 11.2 Å². The van der Waals surface area contributed by atoms with Gasteiger partial charge in [0.15, 0.2) is 5.65 Å². The number of piperazine rings is 1. The number of halogens is 1. The van der Waals surface area contributed by atoms with Gasteiger partial charge in [0.1, 0.15) is 5.82 Å². The predicted octanol–water partition coefficient (Wildman–Crippen LogP) is 2.69. The Labute approximate surface area is 179 Å². The third kappa shape index (κ3) is 4.59. The Kier molecular flexibility index (Phi) is 6.22. The van der Waals surface area contributed by atoms with E-state index in [1.165, 1.54) is 0 Å². The zero-order valence-corrected chi connectivity index (χ0v) is 17.3. The number of carbonyl (C=O) groups excluding carboxylic acids is 1. The van der Waals surface area contributed by atoms with Crippen molar-refractivity contribution < 1.29 is 4.79 Å². The monoisotopic (exact) mass is 426 g/mol. The van der Waals surface area contributed by atoms with Crippen LogP contribution in [0.25, 0.3) is 11.0 Å². The second kappa shape index (κ2) is 9.21. The Morgan fingerprint density at radius 2 is 2.10 bits per heavy atom. The lowest BCUT2D eigenvalue weighted by Gasteiger charge is -2.39. The van der Waals surface area contributed by atoms with E-state index in [0.29, 0.717) is 30.5 Å². The van der Waals surface area contributed by atoms with Crippen molar-refractivity contribution in [1.29, 1.82) is 0 Å². The van der Waals surface area contributed by atoms with E-state index in [1.54, 1.807) is 12.3 Å². The molecule has 4 rings (SSSR count). The first-order valence-electron chi connectivity index (χ1n) is 9.80. The molecule has 1 aliphatic heterocycles. The van der Waals surface area contributed by atoms with E-state index >= 15 is 0 Å². The second-order valence-corrected chi connectivity index (χ2v) is 7.27. The molecule has 0 radical (unpaired) electrons. The molecule has 2 aromatic heterocycles. The van der Waals surface area contributed by atoms with Gasteiger partial charge in [-0.15, -0.1) is 11.6 Å². The molecule has 3 heterocycles. The Bertz CT molecular complexity index is 1020. The Morgan fingerprint density at radius 1 is 1.27 bits per heavy atom. The van der Waals surface area contributed by atoms with E-state index in [-0.39, 0.29) is 11.5 Å². The fourth-order valence-electron chi connectivity index (χ4n) is 3.24. The van der Waals surface area contributed by atoms with Gasteiger partial charge in [-0.3, -0.25) is 10.6 Å². The zero-order valence-electron chi connectivity index (χ0n) is 16.5. The van der Waals surface area contributed by atoms with E-state index in [0.717, 1.165) is 24.2 Å². The van der Waals surface area contributed by atoms with Crippen LogP contribution in [0.4, 0.5) is 22.2 Å². The molecule has 1 atom stereocenters. The minimum atomic E-state index is -0.307. The molecule has 1 unspecified atom stereocenters. The molecule has 0 saturated carbocycles. The summed E-state index contributed by atoms with van der Waals surface area (Å²) in [7, 11) is 0. The van der Waals surface area contributed by atoms with Crippen LogP contribution in [0, 0.1) is 0 Å². The Hall–Kier alpha value is -3.01. The predicted molar refractivity (Wildman–Crippen MR) is 118 cm³/mol. The van der Waals surface area contributed by atoms with Gasteiger partial charge in [-0.25, -0.2) is 24.8 Å². The number of para-hydroxylation sites is 1. The summed E-state index contributed by atoms with van der Waals surface area (Å²) in [5.74, 6) is 0.912. The van der Waals surface area contributed by atoms with Crippen LogP contribution < -0.4 is 21.0 Å². The molecule has 9 nitrogen and oxygen atoms in total. The lowest BCUT2D eigenvalue weighted by molar-refractivity contribution is 0.228. The van der Waals surface area contributed by atoms with Crippen LogP contribution in [0.2, 0.25) is 0 Å². The number of hydrogen-bond acceptors (Lipinski definition) is 7. The Morgan fingerprint density at radius 3 is 2.87 bits per heavy atom. The van der Waals surface area contributed by atoms with Crippen molar-refractivity contribution in [2.45, 2.75) is 12.4 Å². The van der Waals surface area contributed by atoms with Crippen LogP contribution in [0.1, 0.15) is 6.92 Å². The molecule has 1 aliphatic rings. The standard InChI is InChI=1S/C20H23ClN8O/c1-2-22-20(30)26-17-9-8-14-12-24-19(27-18(14)25-17)29(15-6-4-3-5-7-15)28-11-10-23-16(21)13-28/h3-9,12,16,23H,2,10-11,13H2,1H3,(H2,22,24,25,26,27,30). The van der Waals surface area contributed by atoms with Gasteiger partial charge in [-0.05, 0) is 31.2 Å². The quantitative estimate of drug-likeness (QED) is 0.426. The smallest absolute Gasteiger partial charge is 0.320 e. The number of hydrazine groups is 1. The van der Waals surface area contributed by atoms with Crippen LogP contribution in [0.3, 0.4) is 0 Å². The molecule has 3 N–H and O–H groups in total. The summed E-state index contributed by atoms with van der Waals surface area (Å²) in [5, 5.41) is 13.5. The summed E-state index contributed by atoms with van der Waals surface area (Å²) in [6.45, 7) is 4.50. The molecule has 0 spiro atoms. The summed E-state index contributed by atoms with van der Waals surface area (Å²) in [6.07, 6.45) is 1.73. The minimum absolute atomic E-state index is 0.170. The summed E-state index contributed by atoms with van der Waals surface area (Å²) < 4.78 is 0. The van der Waals surface area contributed by atoms with Crippen molar-refractivity contribution >= 4 is 46.1 Å². The molecule has 156 valence electrons. The van der Waals surface area contributed by atoms with Gasteiger partial charge in [-0.1, -0.05) is 18.2 Å². The minimum Gasteiger partial charge on any atom is -0.338 e. The van der Waals surface area contributed by atoms with E-state index in [4.69, 9.17) is 16.6 Å². The number of benzene rings is 1. The largest absolute Gasteiger partial charge is 0.338 e. The molecular weight excluding hydrogens is 404 g/mol. The average molecular weight is 427 g/mol. The van der Waals surface area contributed by atoms with Gasteiger partial charge in [0.2, 0.25) is 5.95 Å². The highest BCUT2D eigenvalue weighted by Crippen LogP contribution is 2.26. The molecule has 1 aromatic carbocycles. The highest BCUT2D eigenvalue weighted by atomic mass is 35.5. The van der Waals surface area contributed by atoms with Crippen molar-refractivity contribution in [1.82, 2.24) is 30.6 Å². The molecule has 0 aliphatic carbocycles. The van der Waals surface area contributed by atoms with Crippen molar-refractivity contribution in [3.63, 3.8) is 0 Å². The maximum atomic E-state index is 11.8. The van der Waals surface area contributed by atoms with Crippen LogP contribution in [-0.4, -0.2) is 57.7 Å². The summed E-state index contributed by atoms with van der Waals surface area (Å²) in [5.41, 5.74) is 1.25. The van der Waals surface area contributed by atoms with Crippen LogP contribution in [-0.2, 0) is 0 Å². The third-order valence-corrected chi connectivity index (χ3v) is 4.88. The van der Waals surface area contributed by atoms with Gasteiger partial charge in [0.25, 0.3) is 0 Å². The normalized spacial score (nSPS) is 16.9. The number of alkyl halides is 1.